The number of hydrogen-bond acceptors (Lipinski definition) is 2. The first kappa shape index (κ1) is 8.24. The summed E-state index contributed by atoms with van der Waals surface area (Å²) in [6, 6.07) is 12.1. The minimum atomic E-state index is 1.02. The molecular formula is C13H9NO. The summed E-state index contributed by atoms with van der Waals surface area (Å²) in [6.07, 6.45) is 5.27. The Balaban J connectivity index is 2.22. The standard InChI is InChI=1S/C13H9NO/c1-2-4-13-10(3-1)7-12(8-14-13)11-5-6-15-9-11/h1-9H. The van der Waals surface area contributed by atoms with Gasteiger partial charge in [0.1, 0.15) is 0 Å². The maximum absolute atomic E-state index is 5.05. The van der Waals surface area contributed by atoms with Gasteiger partial charge < -0.3 is 4.42 Å². The van der Waals surface area contributed by atoms with Crippen LogP contribution >= 0.6 is 0 Å². The summed E-state index contributed by atoms with van der Waals surface area (Å²) in [4.78, 5) is 4.40. The van der Waals surface area contributed by atoms with Crippen LogP contribution in [-0.2, 0) is 0 Å². The maximum Gasteiger partial charge on any atom is 0.0981 e. The summed E-state index contributed by atoms with van der Waals surface area (Å²) in [6.45, 7) is 0. The van der Waals surface area contributed by atoms with E-state index in [1.165, 1.54) is 0 Å². The van der Waals surface area contributed by atoms with Gasteiger partial charge in [0.25, 0.3) is 0 Å². The Bertz CT molecular complexity index is 584. The molecule has 0 aliphatic rings. The van der Waals surface area contributed by atoms with Crippen LogP contribution in [0.25, 0.3) is 22.0 Å². The summed E-state index contributed by atoms with van der Waals surface area (Å²) >= 11 is 0. The van der Waals surface area contributed by atoms with Crippen LogP contribution in [0.2, 0.25) is 0 Å². The van der Waals surface area contributed by atoms with Crippen molar-refractivity contribution >= 4 is 10.9 Å². The lowest BCUT2D eigenvalue weighted by Crippen LogP contribution is -1.80. The van der Waals surface area contributed by atoms with Crippen molar-refractivity contribution < 1.29 is 4.42 Å². The second-order valence-electron chi connectivity index (χ2n) is 3.43. The van der Waals surface area contributed by atoms with Gasteiger partial charge in [-0.05, 0) is 18.2 Å². The zero-order valence-corrected chi connectivity index (χ0v) is 8.05. The second-order valence-corrected chi connectivity index (χ2v) is 3.43. The van der Waals surface area contributed by atoms with Gasteiger partial charge in [-0.15, -0.1) is 0 Å². The minimum absolute atomic E-state index is 1.02. The largest absolute Gasteiger partial charge is 0.472 e. The Morgan fingerprint density at radius 1 is 1.00 bits per heavy atom. The number of rotatable bonds is 1. The fourth-order valence-electron chi connectivity index (χ4n) is 1.66. The molecule has 3 rings (SSSR count). The molecule has 0 fully saturated rings. The SMILES string of the molecule is c1ccc2ncc(-c3ccoc3)cc2c1. The van der Waals surface area contributed by atoms with Crippen LogP contribution in [0.1, 0.15) is 0 Å². The van der Waals surface area contributed by atoms with Gasteiger partial charge in [-0.25, -0.2) is 0 Å². The molecule has 2 heteroatoms. The Morgan fingerprint density at radius 2 is 1.93 bits per heavy atom. The van der Waals surface area contributed by atoms with Crippen molar-refractivity contribution in [1.82, 2.24) is 4.98 Å². The van der Waals surface area contributed by atoms with Crippen molar-refractivity contribution in [3.05, 3.63) is 55.1 Å². The zero-order chi connectivity index (χ0) is 10.1. The van der Waals surface area contributed by atoms with E-state index in [1.54, 1.807) is 12.5 Å². The number of pyridine rings is 1. The van der Waals surface area contributed by atoms with E-state index in [0.29, 0.717) is 0 Å². The fourth-order valence-corrected chi connectivity index (χ4v) is 1.66. The van der Waals surface area contributed by atoms with Gasteiger partial charge in [0.15, 0.2) is 0 Å². The van der Waals surface area contributed by atoms with Crippen molar-refractivity contribution in [2.75, 3.05) is 0 Å². The summed E-state index contributed by atoms with van der Waals surface area (Å²) in [7, 11) is 0. The fraction of sp³-hybridized carbons (Fsp3) is 0. The zero-order valence-electron chi connectivity index (χ0n) is 8.05. The van der Waals surface area contributed by atoms with E-state index >= 15 is 0 Å². The van der Waals surface area contributed by atoms with Crippen LogP contribution in [-0.4, -0.2) is 4.98 Å². The molecule has 2 aromatic heterocycles. The van der Waals surface area contributed by atoms with Crippen molar-refractivity contribution in [2.45, 2.75) is 0 Å². The summed E-state index contributed by atoms with van der Waals surface area (Å²) < 4.78 is 5.05. The lowest BCUT2D eigenvalue weighted by Gasteiger charge is -1.99. The van der Waals surface area contributed by atoms with Crippen LogP contribution < -0.4 is 0 Å². The normalized spacial score (nSPS) is 10.7. The van der Waals surface area contributed by atoms with E-state index < -0.39 is 0 Å². The number of furan rings is 1. The van der Waals surface area contributed by atoms with Crippen LogP contribution in [0.15, 0.2) is 59.5 Å². The first-order valence-electron chi connectivity index (χ1n) is 4.81. The molecule has 0 radical (unpaired) electrons. The number of para-hydroxylation sites is 1. The molecule has 0 unspecified atom stereocenters. The summed E-state index contributed by atoms with van der Waals surface area (Å²) in [5, 5.41) is 1.15. The third kappa shape index (κ3) is 1.40. The lowest BCUT2D eigenvalue weighted by atomic mass is 10.1. The van der Waals surface area contributed by atoms with Gasteiger partial charge >= 0.3 is 0 Å². The van der Waals surface area contributed by atoms with Gasteiger partial charge in [-0.2, -0.15) is 0 Å². The molecule has 2 nitrogen and oxygen atoms in total. The van der Waals surface area contributed by atoms with E-state index in [1.807, 2.05) is 30.5 Å². The lowest BCUT2D eigenvalue weighted by molar-refractivity contribution is 0.568. The van der Waals surface area contributed by atoms with Crippen LogP contribution in [0.5, 0.6) is 0 Å². The van der Waals surface area contributed by atoms with Crippen molar-refractivity contribution in [1.29, 1.82) is 0 Å². The molecule has 0 bridgehead atoms. The average molecular weight is 195 g/mol. The molecule has 2 heterocycles. The predicted molar refractivity (Wildman–Crippen MR) is 59.4 cm³/mol. The van der Waals surface area contributed by atoms with Crippen LogP contribution in [0.4, 0.5) is 0 Å². The highest BCUT2D eigenvalue weighted by Crippen LogP contribution is 2.22. The Morgan fingerprint density at radius 3 is 2.80 bits per heavy atom. The Kier molecular flexibility index (Phi) is 1.78. The molecular weight excluding hydrogens is 186 g/mol. The minimum Gasteiger partial charge on any atom is -0.472 e. The van der Waals surface area contributed by atoms with Crippen LogP contribution in [0.3, 0.4) is 0 Å². The van der Waals surface area contributed by atoms with Gasteiger partial charge in [-0.1, -0.05) is 18.2 Å². The maximum atomic E-state index is 5.05. The molecule has 0 amide bonds. The average Bonchev–Trinajstić information content (AvgIpc) is 2.82. The number of hydrogen-bond donors (Lipinski definition) is 0. The number of aromatic nitrogens is 1. The van der Waals surface area contributed by atoms with Crippen molar-refractivity contribution in [2.24, 2.45) is 0 Å². The van der Waals surface area contributed by atoms with E-state index in [9.17, 15) is 0 Å². The molecule has 72 valence electrons. The van der Waals surface area contributed by atoms with E-state index in [0.717, 1.165) is 22.0 Å². The van der Waals surface area contributed by atoms with E-state index in [-0.39, 0.29) is 0 Å². The van der Waals surface area contributed by atoms with Crippen LogP contribution in [0, 0.1) is 0 Å². The monoisotopic (exact) mass is 195 g/mol. The number of fused-ring (bicyclic) bond motifs is 1. The summed E-state index contributed by atoms with van der Waals surface area (Å²) in [5.74, 6) is 0. The van der Waals surface area contributed by atoms with E-state index in [4.69, 9.17) is 4.42 Å². The predicted octanol–water partition coefficient (Wildman–Crippen LogP) is 3.49. The molecule has 1 aromatic carbocycles. The molecule has 0 saturated heterocycles. The first-order valence-corrected chi connectivity index (χ1v) is 4.81. The van der Waals surface area contributed by atoms with Gasteiger partial charge in [-0.3, -0.25) is 4.98 Å². The molecule has 3 aromatic rings. The second kappa shape index (κ2) is 3.24. The molecule has 0 saturated carbocycles. The smallest absolute Gasteiger partial charge is 0.0981 e. The Labute approximate surface area is 87.2 Å². The van der Waals surface area contributed by atoms with Crippen molar-refractivity contribution in [3.63, 3.8) is 0 Å². The first-order chi connectivity index (χ1) is 7.43. The van der Waals surface area contributed by atoms with E-state index in [2.05, 4.69) is 17.1 Å². The number of nitrogens with zero attached hydrogens (tertiary/aromatic N) is 1. The molecule has 0 spiro atoms. The molecule has 15 heavy (non-hydrogen) atoms. The molecule has 0 atom stereocenters. The van der Waals surface area contributed by atoms with Crippen molar-refractivity contribution in [3.8, 4) is 11.1 Å². The topological polar surface area (TPSA) is 26.0 Å². The molecule has 0 N–H and O–H groups in total. The highest BCUT2D eigenvalue weighted by atomic mass is 16.3. The quantitative estimate of drug-likeness (QED) is 0.594. The third-order valence-corrected chi connectivity index (χ3v) is 2.44. The highest BCUT2D eigenvalue weighted by molar-refractivity contribution is 5.83. The Hall–Kier alpha value is -2.09. The highest BCUT2D eigenvalue weighted by Gasteiger charge is 2.00. The summed E-state index contributed by atoms with van der Waals surface area (Å²) in [5.41, 5.74) is 3.17. The number of benzene rings is 1. The van der Waals surface area contributed by atoms with Gasteiger partial charge in [0, 0.05) is 22.7 Å². The molecule has 0 aliphatic carbocycles. The third-order valence-electron chi connectivity index (χ3n) is 2.44. The van der Waals surface area contributed by atoms with Gasteiger partial charge in [0.2, 0.25) is 0 Å². The molecule has 0 aliphatic heterocycles. The van der Waals surface area contributed by atoms with Gasteiger partial charge in [0.05, 0.1) is 18.0 Å².